The summed E-state index contributed by atoms with van der Waals surface area (Å²) in [5.74, 6) is 0.148. The molecule has 1 N–H and O–H groups in total. The molecule has 2 aromatic carbocycles. The van der Waals surface area contributed by atoms with Crippen molar-refractivity contribution in [3.8, 4) is 22.8 Å². The van der Waals surface area contributed by atoms with Gasteiger partial charge in [-0.25, -0.2) is 9.37 Å². The maximum Gasteiger partial charge on any atom is 0.259 e. The Bertz CT molecular complexity index is 1110. The van der Waals surface area contributed by atoms with Gasteiger partial charge >= 0.3 is 0 Å². The molecule has 148 valence electrons. The minimum atomic E-state index is -0.552. The molecule has 5 nitrogen and oxygen atoms in total. The molecule has 0 aliphatic carbocycles. The predicted octanol–water partition coefficient (Wildman–Crippen LogP) is 5.49. The van der Waals surface area contributed by atoms with Crippen molar-refractivity contribution in [3.63, 3.8) is 0 Å². The summed E-state index contributed by atoms with van der Waals surface area (Å²) in [6.07, 6.45) is 1.65. The summed E-state index contributed by atoms with van der Waals surface area (Å²) in [6.45, 7) is 0.120. The van der Waals surface area contributed by atoms with Crippen molar-refractivity contribution in [1.29, 1.82) is 0 Å². The fourth-order valence-electron chi connectivity index (χ4n) is 3.15. The van der Waals surface area contributed by atoms with E-state index in [1.807, 2.05) is 12.1 Å². The number of ether oxygens (including phenoxy) is 1. The zero-order valence-electron chi connectivity index (χ0n) is 15.0. The second-order valence-electron chi connectivity index (χ2n) is 6.47. The molecule has 1 amide bonds. The fourth-order valence-corrected chi connectivity index (χ4v) is 3.99. The third-order valence-electron chi connectivity index (χ3n) is 4.60. The van der Waals surface area contributed by atoms with E-state index in [4.69, 9.17) is 4.74 Å². The number of aromatic nitrogens is 1. The summed E-state index contributed by atoms with van der Waals surface area (Å²) in [5, 5.41) is 9.82. The number of anilines is 1. The monoisotopic (exact) mass is 520 g/mol. The first-order chi connectivity index (χ1) is 14.0. The SMILES string of the molecule is O=C(c1cc(Br)c(O)cc1Br)N1CCOc2ncc(-c3cccc(CF)c3)cc21. The molecular formula is C21H15Br2FN2O3. The fraction of sp³-hybridized carbons (Fsp3) is 0.143. The lowest BCUT2D eigenvalue weighted by Crippen LogP contribution is -2.38. The number of carbonyl (C=O) groups excluding carboxylic acids is 1. The highest BCUT2D eigenvalue weighted by Gasteiger charge is 2.28. The number of amides is 1. The molecule has 8 heteroatoms. The number of aromatic hydroxyl groups is 1. The van der Waals surface area contributed by atoms with Gasteiger partial charge in [0.05, 0.1) is 16.6 Å². The molecule has 0 spiro atoms. The minimum absolute atomic E-state index is 0.0347. The number of carbonyl (C=O) groups is 1. The lowest BCUT2D eigenvalue weighted by molar-refractivity contribution is 0.0975. The molecule has 0 saturated heterocycles. The highest BCUT2D eigenvalue weighted by Crippen LogP contribution is 2.37. The molecular weight excluding hydrogens is 507 g/mol. The van der Waals surface area contributed by atoms with Gasteiger partial charge in [0.15, 0.2) is 0 Å². The summed E-state index contributed by atoms with van der Waals surface area (Å²) in [5.41, 5.74) is 3.07. The van der Waals surface area contributed by atoms with Crippen molar-refractivity contribution >= 4 is 43.5 Å². The summed E-state index contributed by atoms with van der Waals surface area (Å²) in [4.78, 5) is 19.2. The number of rotatable bonds is 3. The molecule has 0 saturated carbocycles. The number of halogens is 3. The van der Waals surface area contributed by atoms with E-state index in [2.05, 4.69) is 36.8 Å². The molecule has 29 heavy (non-hydrogen) atoms. The third-order valence-corrected chi connectivity index (χ3v) is 5.89. The standard InChI is InChI=1S/C21H15Br2FN2O3/c22-16-9-19(27)17(23)8-15(16)21(28)26-4-5-29-20-18(26)7-14(11-25-20)13-3-1-2-12(6-13)10-24/h1-3,6-9,11,27H,4-5,10H2. The van der Waals surface area contributed by atoms with Crippen molar-refractivity contribution in [2.45, 2.75) is 6.67 Å². The van der Waals surface area contributed by atoms with Crippen molar-refractivity contribution in [2.24, 2.45) is 0 Å². The Labute approximate surface area is 183 Å². The summed E-state index contributed by atoms with van der Waals surface area (Å²) in [7, 11) is 0. The molecule has 2 heterocycles. The molecule has 1 aromatic heterocycles. The van der Waals surface area contributed by atoms with Crippen LogP contribution in [0, 0.1) is 0 Å². The van der Waals surface area contributed by atoms with Gasteiger partial charge in [-0.3, -0.25) is 4.79 Å². The lowest BCUT2D eigenvalue weighted by Gasteiger charge is -2.29. The summed E-state index contributed by atoms with van der Waals surface area (Å²) < 4.78 is 19.6. The maximum atomic E-state index is 13.3. The first-order valence-corrected chi connectivity index (χ1v) is 10.3. The minimum Gasteiger partial charge on any atom is -0.507 e. The van der Waals surface area contributed by atoms with Gasteiger partial charge in [-0.2, -0.15) is 0 Å². The van der Waals surface area contributed by atoms with Crippen LogP contribution in [0.5, 0.6) is 11.6 Å². The number of hydrogen-bond acceptors (Lipinski definition) is 4. The number of nitrogens with zero attached hydrogens (tertiary/aromatic N) is 2. The lowest BCUT2D eigenvalue weighted by atomic mass is 10.0. The van der Waals surface area contributed by atoms with Crippen LogP contribution in [0.25, 0.3) is 11.1 Å². The number of hydrogen-bond donors (Lipinski definition) is 1. The van der Waals surface area contributed by atoms with E-state index in [-0.39, 0.29) is 11.7 Å². The van der Waals surface area contributed by atoms with E-state index in [1.54, 1.807) is 35.4 Å². The van der Waals surface area contributed by atoms with Gasteiger partial charge in [0.1, 0.15) is 24.7 Å². The smallest absolute Gasteiger partial charge is 0.259 e. The Hall–Kier alpha value is -2.45. The van der Waals surface area contributed by atoms with Crippen molar-refractivity contribution in [1.82, 2.24) is 4.98 Å². The Kier molecular flexibility index (Phi) is 5.56. The first-order valence-electron chi connectivity index (χ1n) is 8.76. The largest absolute Gasteiger partial charge is 0.507 e. The van der Waals surface area contributed by atoms with Crippen LogP contribution in [0.1, 0.15) is 15.9 Å². The summed E-state index contributed by atoms with van der Waals surface area (Å²) >= 11 is 6.60. The maximum absolute atomic E-state index is 13.3. The highest BCUT2D eigenvalue weighted by atomic mass is 79.9. The van der Waals surface area contributed by atoms with Crippen LogP contribution >= 0.6 is 31.9 Å². The molecule has 0 bridgehead atoms. The van der Waals surface area contributed by atoms with E-state index in [0.29, 0.717) is 44.8 Å². The van der Waals surface area contributed by atoms with Gasteiger partial charge in [0.25, 0.3) is 5.91 Å². The number of pyridine rings is 1. The Morgan fingerprint density at radius 1 is 1.17 bits per heavy atom. The molecule has 0 radical (unpaired) electrons. The second-order valence-corrected chi connectivity index (χ2v) is 8.18. The Balaban J connectivity index is 1.76. The molecule has 0 fully saturated rings. The molecule has 1 aliphatic heterocycles. The van der Waals surface area contributed by atoms with Gasteiger partial charge in [-0.05, 0) is 67.3 Å². The molecule has 1 aliphatic rings. The van der Waals surface area contributed by atoms with Crippen molar-refractivity contribution < 1.29 is 19.0 Å². The average Bonchev–Trinajstić information content (AvgIpc) is 2.75. The zero-order chi connectivity index (χ0) is 20.5. The summed E-state index contributed by atoms with van der Waals surface area (Å²) in [6, 6.07) is 12.0. The van der Waals surface area contributed by atoms with Crippen LogP contribution in [0.3, 0.4) is 0 Å². The predicted molar refractivity (Wildman–Crippen MR) is 115 cm³/mol. The van der Waals surface area contributed by atoms with E-state index in [1.165, 1.54) is 6.07 Å². The average molecular weight is 522 g/mol. The molecule has 0 unspecified atom stereocenters. The Morgan fingerprint density at radius 3 is 2.79 bits per heavy atom. The Morgan fingerprint density at radius 2 is 2.00 bits per heavy atom. The van der Waals surface area contributed by atoms with E-state index < -0.39 is 6.67 Å². The van der Waals surface area contributed by atoms with E-state index in [9.17, 15) is 14.3 Å². The van der Waals surface area contributed by atoms with Gasteiger partial charge in [-0.15, -0.1) is 0 Å². The topological polar surface area (TPSA) is 62.7 Å². The van der Waals surface area contributed by atoms with Gasteiger partial charge in [0, 0.05) is 16.2 Å². The van der Waals surface area contributed by atoms with E-state index >= 15 is 0 Å². The van der Waals surface area contributed by atoms with Gasteiger partial charge in [-0.1, -0.05) is 18.2 Å². The van der Waals surface area contributed by atoms with Crippen molar-refractivity contribution in [2.75, 3.05) is 18.1 Å². The first kappa shape index (κ1) is 19.8. The third kappa shape index (κ3) is 3.86. The van der Waals surface area contributed by atoms with Crippen LogP contribution in [0.15, 0.2) is 57.6 Å². The normalized spacial score (nSPS) is 13.0. The van der Waals surface area contributed by atoms with Crippen LogP contribution in [-0.2, 0) is 6.67 Å². The van der Waals surface area contributed by atoms with E-state index in [0.717, 1.165) is 11.1 Å². The quantitative estimate of drug-likeness (QED) is 0.495. The molecule has 0 atom stereocenters. The number of benzene rings is 2. The molecule has 3 aromatic rings. The number of phenols is 1. The van der Waals surface area contributed by atoms with Crippen LogP contribution in [0.4, 0.5) is 10.1 Å². The van der Waals surface area contributed by atoms with Gasteiger partial charge < -0.3 is 14.7 Å². The second kappa shape index (κ2) is 8.12. The van der Waals surface area contributed by atoms with Crippen LogP contribution < -0.4 is 9.64 Å². The number of fused-ring (bicyclic) bond motifs is 1. The highest BCUT2D eigenvalue weighted by molar-refractivity contribution is 9.11. The zero-order valence-corrected chi connectivity index (χ0v) is 18.2. The number of phenolic OH excluding ortho intramolecular Hbond substituents is 1. The number of alkyl halides is 1. The van der Waals surface area contributed by atoms with Gasteiger partial charge in [0.2, 0.25) is 5.88 Å². The molecule has 4 rings (SSSR count). The van der Waals surface area contributed by atoms with Crippen molar-refractivity contribution in [3.05, 3.63) is 68.7 Å². The van der Waals surface area contributed by atoms with Crippen LogP contribution in [0.2, 0.25) is 0 Å². The van der Waals surface area contributed by atoms with Crippen LogP contribution in [-0.4, -0.2) is 29.1 Å².